The number of aromatic nitrogens is 3. The van der Waals surface area contributed by atoms with Crippen molar-refractivity contribution >= 4 is 17.4 Å². The van der Waals surface area contributed by atoms with Crippen LogP contribution in [-0.2, 0) is 16.1 Å². The summed E-state index contributed by atoms with van der Waals surface area (Å²) in [5.41, 5.74) is 3.54. The zero-order valence-electron chi connectivity index (χ0n) is 14.6. The van der Waals surface area contributed by atoms with Crippen molar-refractivity contribution in [3.63, 3.8) is 0 Å². The van der Waals surface area contributed by atoms with Crippen LogP contribution in [0, 0.1) is 0 Å². The number of nitrogens with one attached hydrogen (secondary N) is 1. The van der Waals surface area contributed by atoms with E-state index < -0.39 is 0 Å². The average Bonchev–Trinajstić information content (AvgIpc) is 3.13. The topological polar surface area (TPSA) is 68.5 Å². The van der Waals surface area contributed by atoms with E-state index in [4.69, 9.17) is 4.74 Å². The molecule has 2 aromatic heterocycles. The summed E-state index contributed by atoms with van der Waals surface area (Å²) in [5.74, 6) is 0.469. The van der Waals surface area contributed by atoms with Crippen molar-refractivity contribution in [2.24, 2.45) is 0 Å². The van der Waals surface area contributed by atoms with Gasteiger partial charge in [0.2, 0.25) is 11.7 Å². The van der Waals surface area contributed by atoms with Gasteiger partial charge in [-0.1, -0.05) is 42.5 Å². The third-order valence-electron chi connectivity index (χ3n) is 4.04. The molecule has 4 aromatic rings. The van der Waals surface area contributed by atoms with E-state index in [0.29, 0.717) is 18.1 Å². The number of amides is 1. The highest BCUT2D eigenvalue weighted by atomic mass is 16.5. The van der Waals surface area contributed by atoms with Gasteiger partial charge in [0.25, 0.3) is 0 Å². The van der Waals surface area contributed by atoms with Crippen LogP contribution in [0.25, 0.3) is 17.0 Å². The first-order valence-corrected chi connectivity index (χ1v) is 8.59. The van der Waals surface area contributed by atoms with Gasteiger partial charge in [-0.3, -0.25) is 9.20 Å². The maximum Gasteiger partial charge on any atom is 0.250 e. The molecule has 2 aromatic carbocycles. The molecule has 1 amide bonds. The van der Waals surface area contributed by atoms with Crippen molar-refractivity contribution in [2.45, 2.75) is 6.61 Å². The van der Waals surface area contributed by atoms with Crippen LogP contribution in [-0.4, -0.2) is 26.9 Å². The second kappa shape index (κ2) is 7.80. The van der Waals surface area contributed by atoms with Gasteiger partial charge in [-0.05, 0) is 23.8 Å². The number of fused-ring (bicyclic) bond motifs is 1. The first-order chi connectivity index (χ1) is 13.3. The van der Waals surface area contributed by atoms with Gasteiger partial charge in [-0.2, -0.15) is 0 Å². The standard InChI is InChI=1S/C21H18N4O2/c26-20(15-27-14-16-5-2-1-3-6-16)23-18-9-7-17(8-10-18)19-13-25-12-4-11-22-21(25)24-19/h1-13H,14-15H2,(H,23,26). The number of nitrogens with zero attached hydrogens (tertiary/aromatic N) is 3. The number of rotatable bonds is 6. The average molecular weight is 358 g/mol. The zero-order chi connectivity index (χ0) is 18.5. The third-order valence-corrected chi connectivity index (χ3v) is 4.04. The number of carbonyl (C=O) groups is 1. The molecule has 0 saturated carbocycles. The SMILES string of the molecule is O=C(COCc1ccccc1)Nc1ccc(-c2cn3cccnc3n2)cc1. The van der Waals surface area contributed by atoms with E-state index in [1.165, 1.54) is 0 Å². The largest absolute Gasteiger partial charge is 0.367 e. The fourth-order valence-electron chi connectivity index (χ4n) is 2.73. The molecule has 0 saturated heterocycles. The van der Waals surface area contributed by atoms with Crippen LogP contribution in [0.15, 0.2) is 79.3 Å². The van der Waals surface area contributed by atoms with E-state index in [1.54, 1.807) is 6.20 Å². The van der Waals surface area contributed by atoms with E-state index in [1.807, 2.05) is 77.5 Å². The van der Waals surface area contributed by atoms with Gasteiger partial charge in [0.1, 0.15) is 6.61 Å². The number of anilines is 1. The molecule has 6 nitrogen and oxygen atoms in total. The lowest BCUT2D eigenvalue weighted by molar-refractivity contribution is -0.121. The highest BCUT2D eigenvalue weighted by molar-refractivity contribution is 5.91. The molecule has 1 N–H and O–H groups in total. The van der Waals surface area contributed by atoms with Crippen LogP contribution in [0.2, 0.25) is 0 Å². The fourth-order valence-corrected chi connectivity index (χ4v) is 2.73. The highest BCUT2D eigenvalue weighted by Gasteiger charge is 2.06. The monoisotopic (exact) mass is 358 g/mol. The van der Waals surface area contributed by atoms with Gasteiger partial charge in [0, 0.05) is 29.8 Å². The number of hydrogen-bond acceptors (Lipinski definition) is 4. The van der Waals surface area contributed by atoms with Crippen molar-refractivity contribution in [1.82, 2.24) is 14.4 Å². The molecule has 0 aliphatic heterocycles. The number of ether oxygens (including phenoxy) is 1. The molecular weight excluding hydrogens is 340 g/mol. The summed E-state index contributed by atoms with van der Waals surface area (Å²) in [6, 6.07) is 19.2. The molecule has 0 radical (unpaired) electrons. The second-order valence-electron chi connectivity index (χ2n) is 6.06. The molecule has 134 valence electrons. The summed E-state index contributed by atoms with van der Waals surface area (Å²) in [5, 5.41) is 2.83. The Morgan fingerprint density at radius 1 is 1.04 bits per heavy atom. The number of imidazole rings is 1. The van der Waals surface area contributed by atoms with Crippen LogP contribution in [0.5, 0.6) is 0 Å². The van der Waals surface area contributed by atoms with Gasteiger partial charge >= 0.3 is 0 Å². The predicted octanol–water partition coefficient (Wildman–Crippen LogP) is 3.55. The number of carbonyl (C=O) groups excluding carboxylic acids is 1. The lowest BCUT2D eigenvalue weighted by atomic mass is 10.1. The van der Waals surface area contributed by atoms with Crippen molar-refractivity contribution in [1.29, 1.82) is 0 Å². The van der Waals surface area contributed by atoms with Crippen molar-refractivity contribution in [2.75, 3.05) is 11.9 Å². The molecule has 0 fully saturated rings. The van der Waals surface area contributed by atoms with Gasteiger partial charge in [0.15, 0.2) is 0 Å². The minimum absolute atomic E-state index is 0.00868. The van der Waals surface area contributed by atoms with E-state index in [2.05, 4.69) is 15.3 Å². The Labute approximate surface area is 156 Å². The summed E-state index contributed by atoms with van der Waals surface area (Å²) >= 11 is 0. The summed E-state index contributed by atoms with van der Waals surface area (Å²) in [6.07, 6.45) is 5.54. The Hall–Kier alpha value is -3.51. The lowest BCUT2D eigenvalue weighted by Gasteiger charge is -2.07. The molecule has 4 rings (SSSR count). The van der Waals surface area contributed by atoms with Gasteiger partial charge < -0.3 is 10.1 Å². The minimum atomic E-state index is -0.185. The molecular formula is C21H18N4O2. The smallest absolute Gasteiger partial charge is 0.250 e. The first-order valence-electron chi connectivity index (χ1n) is 8.59. The van der Waals surface area contributed by atoms with Crippen LogP contribution >= 0.6 is 0 Å². The first kappa shape index (κ1) is 16.9. The van der Waals surface area contributed by atoms with Gasteiger partial charge in [-0.25, -0.2) is 9.97 Å². The molecule has 0 aliphatic rings. The fraction of sp³-hybridized carbons (Fsp3) is 0.0952. The quantitative estimate of drug-likeness (QED) is 0.572. The number of benzene rings is 2. The second-order valence-corrected chi connectivity index (χ2v) is 6.06. The predicted molar refractivity (Wildman–Crippen MR) is 103 cm³/mol. The maximum atomic E-state index is 12.0. The van der Waals surface area contributed by atoms with Gasteiger partial charge in [0.05, 0.1) is 12.3 Å². The van der Waals surface area contributed by atoms with Crippen molar-refractivity contribution < 1.29 is 9.53 Å². The minimum Gasteiger partial charge on any atom is -0.367 e. The Morgan fingerprint density at radius 2 is 1.85 bits per heavy atom. The lowest BCUT2D eigenvalue weighted by Crippen LogP contribution is -2.18. The Balaban J connectivity index is 1.34. The summed E-state index contributed by atoms with van der Waals surface area (Å²) in [7, 11) is 0. The molecule has 0 spiro atoms. The normalized spacial score (nSPS) is 10.8. The summed E-state index contributed by atoms with van der Waals surface area (Å²) in [4.78, 5) is 20.7. The Morgan fingerprint density at radius 3 is 2.63 bits per heavy atom. The van der Waals surface area contributed by atoms with Crippen molar-refractivity contribution in [3.8, 4) is 11.3 Å². The van der Waals surface area contributed by atoms with E-state index in [9.17, 15) is 4.79 Å². The molecule has 6 heteroatoms. The molecule has 0 bridgehead atoms. The number of hydrogen-bond donors (Lipinski definition) is 1. The molecule has 27 heavy (non-hydrogen) atoms. The van der Waals surface area contributed by atoms with E-state index in [-0.39, 0.29) is 12.5 Å². The zero-order valence-corrected chi connectivity index (χ0v) is 14.6. The maximum absolute atomic E-state index is 12.0. The third kappa shape index (κ3) is 4.19. The van der Waals surface area contributed by atoms with Crippen LogP contribution < -0.4 is 5.32 Å². The highest BCUT2D eigenvalue weighted by Crippen LogP contribution is 2.20. The van der Waals surface area contributed by atoms with Crippen LogP contribution in [0.1, 0.15) is 5.56 Å². The molecule has 0 aliphatic carbocycles. The van der Waals surface area contributed by atoms with Gasteiger partial charge in [-0.15, -0.1) is 0 Å². The molecule has 0 atom stereocenters. The Kier molecular flexibility index (Phi) is 4.89. The molecule has 2 heterocycles. The van der Waals surface area contributed by atoms with Crippen LogP contribution in [0.3, 0.4) is 0 Å². The van der Waals surface area contributed by atoms with E-state index in [0.717, 1.165) is 16.8 Å². The molecule has 0 unspecified atom stereocenters. The van der Waals surface area contributed by atoms with Crippen LogP contribution in [0.4, 0.5) is 5.69 Å². The van der Waals surface area contributed by atoms with Crippen molar-refractivity contribution in [3.05, 3.63) is 84.8 Å². The summed E-state index contributed by atoms with van der Waals surface area (Å²) < 4.78 is 7.32. The van der Waals surface area contributed by atoms with E-state index >= 15 is 0 Å². The Bertz CT molecular complexity index is 1010. The summed E-state index contributed by atoms with van der Waals surface area (Å²) in [6.45, 7) is 0.421.